The van der Waals surface area contributed by atoms with Crippen LogP contribution in [0, 0.1) is 5.92 Å². The van der Waals surface area contributed by atoms with Crippen LogP contribution in [0.15, 0.2) is 12.5 Å². The van der Waals surface area contributed by atoms with Crippen molar-refractivity contribution < 1.29 is 4.79 Å². The molecular formula is C13H21N3O. The first-order valence-electron chi connectivity index (χ1n) is 6.54. The molecule has 0 atom stereocenters. The smallest absolute Gasteiger partial charge is 0.183 e. The van der Waals surface area contributed by atoms with Crippen molar-refractivity contribution in [1.29, 1.82) is 0 Å². The van der Waals surface area contributed by atoms with E-state index in [0.29, 0.717) is 24.6 Å². The summed E-state index contributed by atoms with van der Waals surface area (Å²) in [7, 11) is 0. The van der Waals surface area contributed by atoms with E-state index in [9.17, 15) is 4.79 Å². The highest BCUT2D eigenvalue weighted by Crippen LogP contribution is 2.27. The summed E-state index contributed by atoms with van der Waals surface area (Å²) >= 11 is 0. The highest BCUT2D eigenvalue weighted by Gasteiger charge is 2.19. The minimum Gasteiger partial charge on any atom is -0.335 e. The molecule has 17 heavy (non-hydrogen) atoms. The average Bonchev–Trinajstić information content (AvgIpc) is 2.79. The third-order valence-electron chi connectivity index (χ3n) is 3.51. The molecule has 0 radical (unpaired) electrons. The Balaban J connectivity index is 1.89. The predicted molar refractivity (Wildman–Crippen MR) is 66.8 cm³/mol. The van der Waals surface area contributed by atoms with Crippen LogP contribution < -0.4 is 5.73 Å². The molecule has 0 saturated heterocycles. The van der Waals surface area contributed by atoms with Gasteiger partial charge in [-0.2, -0.15) is 0 Å². The van der Waals surface area contributed by atoms with Crippen LogP contribution in [0.25, 0.3) is 0 Å². The molecule has 0 aliphatic heterocycles. The molecule has 94 valence electrons. The summed E-state index contributed by atoms with van der Waals surface area (Å²) in [5.74, 6) is 0.767. The first kappa shape index (κ1) is 12.3. The zero-order valence-electron chi connectivity index (χ0n) is 10.3. The third kappa shape index (κ3) is 3.40. The van der Waals surface area contributed by atoms with E-state index in [1.54, 1.807) is 6.33 Å². The fourth-order valence-corrected chi connectivity index (χ4v) is 2.53. The van der Waals surface area contributed by atoms with Crippen LogP contribution in [-0.4, -0.2) is 21.9 Å². The van der Waals surface area contributed by atoms with Crippen LogP contribution in [0.2, 0.25) is 0 Å². The van der Waals surface area contributed by atoms with Gasteiger partial charge in [-0.3, -0.25) is 4.79 Å². The summed E-state index contributed by atoms with van der Waals surface area (Å²) in [6.45, 7) is 1.30. The number of hydrogen-bond donors (Lipinski definition) is 1. The molecular weight excluding hydrogens is 214 g/mol. The standard InChI is InChI=1S/C13H21N3O/c14-6-7-16-9-12(15-10-16)13(17)8-11-4-2-1-3-5-11/h9-11H,1-8,14H2. The number of carbonyl (C=O) groups excluding carboxylic acids is 1. The molecule has 1 aromatic rings. The minimum atomic E-state index is 0.188. The zero-order valence-corrected chi connectivity index (χ0v) is 10.3. The van der Waals surface area contributed by atoms with Crippen molar-refractivity contribution in [2.24, 2.45) is 11.7 Å². The van der Waals surface area contributed by atoms with E-state index < -0.39 is 0 Å². The zero-order chi connectivity index (χ0) is 12.1. The Morgan fingerprint density at radius 3 is 2.88 bits per heavy atom. The lowest BCUT2D eigenvalue weighted by Gasteiger charge is -2.20. The second-order valence-corrected chi connectivity index (χ2v) is 4.92. The van der Waals surface area contributed by atoms with E-state index in [0.717, 1.165) is 6.54 Å². The van der Waals surface area contributed by atoms with E-state index in [1.165, 1.54) is 32.1 Å². The average molecular weight is 235 g/mol. The van der Waals surface area contributed by atoms with Gasteiger partial charge in [0.2, 0.25) is 0 Å². The predicted octanol–water partition coefficient (Wildman–Crippen LogP) is 1.99. The minimum absolute atomic E-state index is 0.188. The second kappa shape index (κ2) is 5.96. The van der Waals surface area contributed by atoms with E-state index in [1.807, 2.05) is 10.8 Å². The maximum Gasteiger partial charge on any atom is 0.183 e. The van der Waals surface area contributed by atoms with Gasteiger partial charge in [-0.25, -0.2) is 4.98 Å². The Bertz CT molecular complexity index is 366. The number of hydrogen-bond acceptors (Lipinski definition) is 3. The van der Waals surface area contributed by atoms with Crippen LogP contribution in [0.5, 0.6) is 0 Å². The van der Waals surface area contributed by atoms with Gasteiger partial charge in [0.25, 0.3) is 0 Å². The number of aromatic nitrogens is 2. The van der Waals surface area contributed by atoms with Gasteiger partial charge < -0.3 is 10.3 Å². The highest BCUT2D eigenvalue weighted by atomic mass is 16.1. The van der Waals surface area contributed by atoms with E-state index in [-0.39, 0.29) is 5.78 Å². The van der Waals surface area contributed by atoms with Crippen molar-refractivity contribution in [3.63, 3.8) is 0 Å². The number of imidazole rings is 1. The lowest BCUT2D eigenvalue weighted by molar-refractivity contribution is 0.0945. The van der Waals surface area contributed by atoms with Gasteiger partial charge in [-0.1, -0.05) is 32.1 Å². The molecule has 0 aromatic carbocycles. The number of nitrogens with two attached hydrogens (primary N) is 1. The number of Topliss-reactive ketones (excluding diaryl/α,β-unsaturated/α-hetero) is 1. The molecule has 1 aliphatic carbocycles. The summed E-state index contributed by atoms with van der Waals surface area (Å²) in [5, 5.41) is 0. The Hall–Kier alpha value is -1.16. The van der Waals surface area contributed by atoms with Crippen molar-refractivity contribution in [3.05, 3.63) is 18.2 Å². The molecule has 1 aliphatic rings. The summed E-state index contributed by atoms with van der Waals surface area (Å²) in [6, 6.07) is 0. The third-order valence-corrected chi connectivity index (χ3v) is 3.51. The molecule has 0 unspecified atom stereocenters. The number of ketones is 1. The van der Waals surface area contributed by atoms with Gasteiger partial charge in [0.05, 0.1) is 6.33 Å². The first-order valence-corrected chi connectivity index (χ1v) is 6.54. The second-order valence-electron chi connectivity index (χ2n) is 4.92. The molecule has 1 heterocycles. The van der Waals surface area contributed by atoms with E-state index >= 15 is 0 Å². The van der Waals surface area contributed by atoms with Crippen LogP contribution >= 0.6 is 0 Å². The maximum absolute atomic E-state index is 12.0. The largest absolute Gasteiger partial charge is 0.335 e. The van der Waals surface area contributed by atoms with Gasteiger partial charge in [0, 0.05) is 25.7 Å². The molecule has 1 fully saturated rings. The van der Waals surface area contributed by atoms with Gasteiger partial charge in [-0.15, -0.1) is 0 Å². The molecule has 0 bridgehead atoms. The first-order chi connectivity index (χ1) is 8.29. The van der Waals surface area contributed by atoms with Crippen LogP contribution in [-0.2, 0) is 6.54 Å². The quantitative estimate of drug-likeness (QED) is 0.794. The van der Waals surface area contributed by atoms with Crippen molar-refractivity contribution in [2.75, 3.05) is 6.54 Å². The van der Waals surface area contributed by atoms with Crippen molar-refractivity contribution in [3.8, 4) is 0 Å². The molecule has 4 nitrogen and oxygen atoms in total. The number of rotatable bonds is 5. The Kier molecular flexibility index (Phi) is 4.31. The lowest BCUT2D eigenvalue weighted by Crippen LogP contribution is -2.12. The van der Waals surface area contributed by atoms with Gasteiger partial charge in [0.15, 0.2) is 5.78 Å². The highest BCUT2D eigenvalue weighted by molar-refractivity contribution is 5.94. The Labute approximate surface area is 102 Å². The molecule has 1 aromatic heterocycles. The van der Waals surface area contributed by atoms with Gasteiger partial charge in [0.1, 0.15) is 5.69 Å². The van der Waals surface area contributed by atoms with Gasteiger partial charge in [-0.05, 0) is 5.92 Å². The maximum atomic E-state index is 12.0. The molecule has 0 spiro atoms. The summed E-state index contributed by atoms with van der Waals surface area (Å²) in [6.07, 6.45) is 10.5. The van der Waals surface area contributed by atoms with Crippen molar-refractivity contribution >= 4 is 5.78 Å². The monoisotopic (exact) mass is 235 g/mol. The molecule has 1 saturated carbocycles. The van der Waals surface area contributed by atoms with E-state index in [2.05, 4.69) is 4.98 Å². The topological polar surface area (TPSA) is 60.9 Å². The summed E-state index contributed by atoms with van der Waals surface area (Å²) < 4.78 is 1.88. The number of nitrogens with zero attached hydrogens (tertiary/aromatic N) is 2. The summed E-state index contributed by atoms with van der Waals surface area (Å²) in [5.41, 5.74) is 6.06. The fourth-order valence-electron chi connectivity index (χ4n) is 2.53. The van der Waals surface area contributed by atoms with Crippen LogP contribution in [0.3, 0.4) is 0 Å². The van der Waals surface area contributed by atoms with Crippen molar-refractivity contribution in [2.45, 2.75) is 45.1 Å². The van der Waals surface area contributed by atoms with E-state index in [4.69, 9.17) is 5.73 Å². The lowest BCUT2D eigenvalue weighted by atomic mass is 9.85. The van der Waals surface area contributed by atoms with Gasteiger partial charge >= 0.3 is 0 Å². The normalized spacial score (nSPS) is 17.2. The Morgan fingerprint density at radius 1 is 1.41 bits per heavy atom. The van der Waals surface area contributed by atoms with Crippen LogP contribution in [0.4, 0.5) is 0 Å². The van der Waals surface area contributed by atoms with Crippen LogP contribution in [0.1, 0.15) is 49.0 Å². The molecule has 0 amide bonds. The molecule has 2 N–H and O–H groups in total. The fraction of sp³-hybridized carbons (Fsp3) is 0.692. The number of carbonyl (C=O) groups is 1. The van der Waals surface area contributed by atoms with Crippen molar-refractivity contribution in [1.82, 2.24) is 9.55 Å². The Morgan fingerprint density at radius 2 is 2.18 bits per heavy atom. The molecule has 4 heteroatoms. The summed E-state index contributed by atoms with van der Waals surface area (Å²) in [4.78, 5) is 16.2. The SMILES string of the molecule is NCCn1cnc(C(=O)CC2CCCCC2)c1. The molecule has 2 rings (SSSR count).